The van der Waals surface area contributed by atoms with Gasteiger partial charge >= 0.3 is 0 Å². The van der Waals surface area contributed by atoms with Crippen LogP contribution in [0, 0.1) is 0 Å². The second-order valence-electron chi connectivity index (χ2n) is 5.93. The van der Waals surface area contributed by atoms with E-state index in [9.17, 15) is 0 Å². The van der Waals surface area contributed by atoms with Crippen LogP contribution in [0.15, 0.2) is 42.7 Å². The van der Waals surface area contributed by atoms with Gasteiger partial charge in [-0.3, -0.25) is 0 Å². The number of hydrogen-bond donors (Lipinski definition) is 2. The number of unbranched alkanes of at least 4 members (excludes halogenated alkanes) is 1. The first-order chi connectivity index (χ1) is 11.3. The molecule has 0 atom stereocenters. The topological polar surface area (TPSA) is 44.5 Å². The van der Waals surface area contributed by atoms with Crippen molar-refractivity contribution >= 4 is 33.7 Å². The molecule has 2 N–H and O–H groups in total. The van der Waals surface area contributed by atoms with E-state index in [-0.39, 0.29) is 0 Å². The Hall–Kier alpha value is -2.26. The molecule has 0 saturated carbocycles. The van der Waals surface area contributed by atoms with Gasteiger partial charge in [-0.1, -0.05) is 49.2 Å². The predicted octanol–water partition coefficient (Wildman–Crippen LogP) is 5.71. The molecule has 0 spiro atoms. The van der Waals surface area contributed by atoms with Crippen molar-refractivity contribution in [3.63, 3.8) is 0 Å². The number of rotatable bonds is 4. The van der Waals surface area contributed by atoms with Gasteiger partial charge in [0, 0.05) is 28.7 Å². The zero-order valence-electron chi connectivity index (χ0n) is 13.0. The second-order valence-corrected chi connectivity index (χ2v) is 6.37. The molecule has 1 aromatic carbocycles. The minimum absolute atomic E-state index is 0.655. The minimum Gasteiger partial charge on any atom is -0.347 e. The van der Waals surface area contributed by atoms with Gasteiger partial charge in [0.15, 0.2) is 0 Å². The summed E-state index contributed by atoms with van der Waals surface area (Å²) < 4.78 is 0. The Morgan fingerprint density at radius 2 is 2.13 bits per heavy atom. The summed E-state index contributed by atoms with van der Waals surface area (Å²) in [5, 5.41) is 2.87. The third-order valence-corrected chi connectivity index (χ3v) is 4.51. The maximum absolute atomic E-state index is 6.14. The van der Waals surface area contributed by atoms with E-state index in [2.05, 4.69) is 52.3 Å². The number of benzene rings is 1. The molecule has 0 bridgehead atoms. The van der Waals surface area contributed by atoms with Gasteiger partial charge in [0.05, 0.1) is 5.02 Å². The van der Waals surface area contributed by atoms with E-state index in [1.54, 1.807) is 6.20 Å². The van der Waals surface area contributed by atoms with E-state index >= 15 is 0 Å². The maximum Gasteiger partial charge on any atom is 0.139 e. The number of hydrogen-bond acceptors (Lipinski definition) is 1. The van der Waals surface area contributed by atoms with Gasteiger partial charge in [-0.2, -0.15) is 0 Å². The van der Waals surface area contributed by atoms with Crippen molar-refractivity contribution in [3.8, 4) is 11.1 Å². The number of aromatic nitrogens is 3. The van der Waals surface area contributed by atoms with Crippen LogP contribution in [0.3, 0.4) is 0 Å². The lowest BCUT2D eigenvalue weighted by Crippen LogP contribution is -1.85. The Bertz CT molecular complexity index is 981. The molecule has 0 aliphatic carbocycles. The molecule has 0 aliphatic rings. The van der Waals surface area contributed by atoms with Crippen molar-refractivity contribution in [2.45, 2.75) is 26.2 Å². The average molecular weight is 324 g/mol. The first kappa shape index (κ1) is 14.3. The molecule has 3 nitrogen and oxygen atoms in total. The number of pyridine rings is 1. The average Bonchev–Trinajstić information content (AvgIpc) is 3.12. The van der Waals surface area contributed by atoms with Crippen molar-refractivity contribution in [1.29, 1.82) is 0 Å². The molecule has 0 amide bonds. The number of H-pyrrole nitrogens is 2. The summed E-state index contributed by atoms with van der Waals surface area (Å²) in [5.74, 6) is 0. The van der Waals surface area contributed by atoms with Gasteiger partial charge in [0.25, 0.3) is 0 Å². The van der Waals surface area contributed by atoms with Gasteiger partial charge in [0.2, 0.25) is 0 Å². The van der Waals surface area contributed by atoms with Crippen LogP contribution < -0.4 is 0 Å². The summed E-state index contributed by atoms with van der Waals surface area (Å²) in [7, 11) is 0. The van der Waals surface area contributed by atoms with Crippen LogP contribution in [-0.4, -0.2) is 15.0 Å². The first-order valence-corrected chi connectivity index (χ1v) is 8.37. The van der Waals surface area contributed by atoms with Crippen molar-refractivity contribution in [2.24, 2.45) is 0 Å². The third kappa shape index (κ3) is 2.51. The highest BCUT2D eigenvalue weighted by molar-refractivity contribution is 6.31. The Kier molecular flexibility index (Phi) is 3.58. The van der Waals surface area contributed by atoms with Crippen LogP contribution in [0.1, 0.15) is 25.3 Å². The van der Waals surface area contributed by atoms with Crippen LogP contribution >= 0.6 is 11.6 Å². The van der Waals surface area contributed by atoms with Gasteiger partial charge < -0.3 is 9.97 Å². The van der Waals surface area contributed by atoms with E-state index in [0.29, 0.717) is 5.02 Å². The van der Waals surface area contributed by atoms with Crippen LogP contribution in [-0.2, 0) is 6.42 Å². The normalized spacial score (nSPS) is 11.6. The van der Waals surface area contributed by atoms with Crippen LogP contribution in [0.25, 0.3) is 33.2 Å². The molecule has 4 aromatic rings. The lowest BCUT2D eigenvalue weighted by atomic mass is 10.00. The molecular formula is C19H18ClN3. The van der Waals surface area contributed by atoms with Crippen LogP contribution in [0.4, 0.5) is 0 Å². The van der Waals surface area contributed by atoms with Crippen LogP contribution in [0.5, 0.6) is 0 Å². The summed E-state index contributed by atoms with van der Waals surface area (Å²) in [6.07, 6.45) is 7.29. The fraction of sp³-hybridized carbons (Fsp3) is 0.211. The lowest BCUT2D eigenvalue weighted by molar-refractivity contribution is 0.795. The van der Waals surface area contributed by atoms with Crippen molar-refractivity contribution in [3.05, 3.63) is 53.3 Å². The Labute approximate surface area is 139 Å². The van der Waals surface area contributed by atoms with Crippen molar-refractivity contribution in [2.75, 3.05) is 0 Å². The van der Waals surface area contributed by atoms with E-state index < -0.39 is 0 Å². The zero-order valence-corrected chi connectivity index (χ0v) is 13.7. The molecule has 23 heavy (non-hydrogen) atoms. The Balaban J connectivity index is 1.88. The molecule has 0 saturated heterocycles. The predicted molar refractivity (Wildman–Crippen MR) is 97.0 cm³/mol. The van der Waals surface area contributed by atoms with Gasteiger partial charge in [-0.05, 0) is 30.0 Å². The van der Waals surface area contributed by atoms with Crippen molar-refractivity contribution < 1.29 is 0 Å². The number of aromatic amines is 2. The molecule has 0 radical (unpaired) electrons. The van der Waals surface area contributed by atoms with Crippen LogP contribution in [0.2, 0.25) is 5.02 Å². The highest BCUT2D eigenvalue weighted by atomic mass is 35.5. The second kappa shape index (κ2) is 5.74. The monoisotopic (exact) mass is 323 g/mol. The zero-order chi connectivity index (χ0) is 15.8. The van der Waals surface area contributed by atoms with E-state index in [1.807, 2.05) is 6.07 Å². The molecule has 0 fully saturated rings. The first-order valence-electron chi connectivity index (χ1n) is 8.00. The molecule has 3 aromatic heterocycles. The number of halogens is 1. The van der Waals surface area contributed by atoms with E-state index in [0.717, 1.165) is 28.5 Å². The molecular weight excluding hydrogens is 306 g/mol. The number of aryl methyl sites for hydroxylation is 1. The highest BCUT2D eigenvalue weighted by Gasteiger charge is 2.13. The largest absolute Gasteiger partial charge is 0.347 e. The summed E-state index contributed by atoms with van der Waals surface area (Å²) in [6.45, 7) is 2.22. The fourth-order valence-electron chi connectivity index (χ4n) is 3.15. The minimum atomic E-state index is 0.655. The van der Waals surface area contributed by atoms with E-state index in [4.69, 9.17) is 11.6 Å². The SMILES string of the molecule is CCCCc1cccc(-c2c[nH]c3[nH]c4ncc(Cl)cc4c23)c1. The summed E-state index contributed by atoms with van der Waals surface area (Å²) in [6, 6.07) is 10.8. The van der Waals surface area contributed by atoms with Gasteiger partial charge in [-0.25, -0.2) is 4.98 Å². The van der Waals surface area contributed by atoms with Gasteiger partial charge in [-0.15, -0.1) is 0 Å². The standard InChI is InChI=1S/C19H18ClN3/c1-2-3-5-12-6-4-7-13(8-12)16-11-22-19-17(16)15-9-14(20)10-21-18(15)23-19/h4,6-11,22H,2-3,5H2,1H3,(H,21,23). The van der Waals surface area contributed by atoms with Crippen molar-refractivity contribution in [1.82, 2.24) is 15.0 Å². The molecule has 4 rings (SSSR count). The lowest BCUT2D eigenvalue weighted by Gasteiger charge is -2.04. The quantitative estimate of drug-likeness (QED) is 0.496. The maximum atomic E-state index is 6.14. The Morgan fingerprint density at radius 1 is 1.22 bits per heavy atom. The fourth-order valence-corrected chi connectivity index (χ4v) is 3.31. The molecule has 116 valence electrons. The molecule has 0 unspecified atom stereocenters. The van der Waals surface area contributed by atoms with E-state index in [1.165, 1.54) is 29.5 Å². The summed E-state index contributed by atoms with van der Waals surface area (Å²) in [4.78, 5) is 11.0. The number of fused-ring (bicyclic) bond motifs is 3. The smallest absolute Gasteiger partial charge is 0.139 e. The van der Waals surface area contributed by atoms with Gasteiger partial charge in [0.1, 0.15) is 11.3 Å². The summed E-state index contributed by atoms with van der Waals surface area (Å²) in [5.41, 5.74) is 5.65. The summed E-state index contributed by atoms with van der Waals surface area (Å²) >= 11 is 6.14. The number of nitrogens with zero attached hydrogens (tertiary/aromatic N) is 1. The third-order valence-electron chi connectivity index (χ3n) is 4.30. The molecule has 3 heterocycles. The Morgan fingerprint density at radius 3 is 3.00 bits per heavy atom. The molecule has 4 heteroatoms. The highest BCUT2D eigenvalue weighted by Crippen LogP contribution is 2.35. The number of nitrogens with one attached hydrogen (secondary N) is 2. The molecule has 0 aliphatic heterocycles.